The van der Waals surface area contributed by atoms with Crippen LogP contribution in [0.15, 0.2) is 35.0 Å². The molecule has 5 heteroatoms. The quantitative estimate of drug-likeness (QED) is 0.654. The van der Waals surface area contributed by atoms with Crippen molar-refractivity contribution in [3.8, 4) is 0 Å². The van der Waals surface area contributed by atoms with Crippen molar-refractivity contribution in [2.45, 2.75) is 18.9 Å². The predicted octanol–water partition coefficient (Wildman–Crippen LogP) is 3.16. The number of benzene rings is 1. The van der Waals surface area contributed by atoms with Gasteiger partial charge in [-0.05, 0) is 46.9 Å². The summed E-state index contributed by atoms with van der Waals surface area (Å²) in [6, 6.07) is 6.94. The molecule has 96 valence electrons. The van der Waals surface area contributed by atoms with Crippen LogP contribution in [0.4, 0.5) is 4.39 Å². The van der Waals surface area contributed by atoms with Crippen molar-refractivity contribution in [3.05, 3.63) is 57.0 Å². The maximum Gasteiger partial charge on any atom is 0.142 e. The van der Waals surface area contributed by atoms with Crippen molar-refractivity contribution >= 4 is 22.9 Å². The second kappa shape index (κ2) is 6.29. The Morgan fingerprint density at radius 1 is 1.33 bits per heavy atom. The summed E-state index contributed by atoms with van der Waals surface area (Å²) >= 11 is 7.58. The molecule has 0 aliphatic heterocycles. The lowest BCUT2D eigenvalue weighted by Gasteiger charge is -2.16. The van der Waals surface area contributed by atoms with Gasteiger partial charge in [0.25, 0.3) is 0 Å². The van der Waals surface area contributed by atoms with Gasteiger partial charge in [0.15, 0.2) is 0 Å². The van der Waals surface area contributed by atoms with Crippen LogP contribution in [0, 0.1) is 5.82 Å². The molecule has 0 aliphatic carbocycles. The molecule has 3 N–H and O–H groups in total. The Morgan fingerprint density at radius 3 is 2.83 bits per heavy atom. The molecule has 1 aromatic heterocycles. The van der Waals surface area contributed by atoms with Crippen LogP contribution in [0.25, 0.3) is 0 Å². The Kier molecular flexibility index (Phi) is 4.72. The summed E-state index contributed by atoms with van der Waals surface area (Å²) < 4.78 is 13.3. The maximum atomic E-state index is 13.3. The van der Waals surface area contributed by atoms with Gasteiger partial charge in [0, 0.05) is 6.04 Å². The molecule has 2 rings (SSSR count). The average molecular weight is 285 g/mol. The third-order valence-electron chi connectivity index (χ3n) is 2.80. The number of hydrogen-bond donors (Lipinski definition) is 2. The normalized spacial score (nSPS) is 12.6. The summed E-state index contributed by atoms with van der Waals surface area (Å²) in [7, 11) is 0. The number of thiophene rings is 1. The Hall–Kier alpha value is -0.940. The van der Waals surface area contributed by atoms with Crippen LogP contribution in [0.1, 0.15) is 11.1 Å². The first-order valence-corrected chi connectivity index (χ1v) is 6.93. The lowest BCUT2D eigenvalue weighted by molar-refractivity contribution is 0.521. The van der Waals surface area contributed by atoms with E-state index in [4.69, 9.17) is 17.4 Å². The molecule has 0 bridgehead atoms. The number of nitrogens with two attached hydrogens (primary N) is 1. The summed E-state index contributed by atoms with van der Waals surface area (Å²) in [5.74, 6) is 5.15. The zero-order valence-electron chi connectivity index (χ0n) is 9.70. The SMILES string of the molecule is NNC(Cc1ccsc1)Cc1cccc(F)c1Cl. The lowest BCUT2D eigenvalue weighted by atomic mass is 10.0. The van der Waals surface area contributed by atoms with Crippen LogP contribution in [0.5, 0.6) is 0 Å². The van der Waals surface area contributed by atoms with Crippen molar-refractivity contribution in [2.24, 2.45) is 5.84 Å². The van der Waals surface area contributed by atoms with Gasteiger partial charge >= 0.3 is 0 Å². The number of rotatable bonds is 5. The molecule has 0 saturated heterocycles. The minimum Gasteiger partial charge on any atom is -0.271 e. The summed E-state index contributed by atoms with van der Waals surface area (Å²) in [5.41, 5.74) is 4.75. The first-order valence-electron chi connectivity index (χ1n) is 5.61. The van der Waals surface area contributed by atoms with E-state index in [-0.39, 0.29) is 16.9 Å². The molecule has 1 heterocycles. The second-order valence-corrected chi connectivity index (χ2v) is 5.27. The summed E-state index contributed by atoms with van der Waals surface area (Å²) in [6.07, 6.45) is 1.40. The van der Waals surface area contributed by atoms with Crippen LogP contribution in [-0.4, -0.2) is 6.04 Å². The molecule has 0 aliphatic rings. The van der Waals surface area contributed by atoms with Gasteiger partial charge in [-0.15, -0.1) is 0 Å². The fourth-order valence-corrected chi connectivity index (χ4v) is 2.74. The van der Waals surface area contributed by atoms with E-state index in [9.17, 15) is 4.39 Å². The van der Waals surface area contributed by atoms with Crippen LogP contribution in [0.2, 0.25) is 5.02 Å². The van der Waals surface area contributed by atoms with Gasteiger partial charge in [0.2, 0.25) is 0 Å². The van der Waals surface area contributed by atoms with Gasteiger partial charge in [-0.1, -0.05) is 23.7 Å². The van der Waals surface area contributed by atoms with Gasteiger partial charge in [-0.3, -0.25) is 11.3 Å². The molecule has 0 saturated carbocycles. The molecule has 1 atom stereocenters. The van der Waals surface area contributed by atoms with Crippen LogP contribution < -0.4 is 11.3 Å². The standard InChI is InChI=1S/C13H14ClFN2S/c14-13-10(2-1-3-12(13)15)7-11(17-16)6-9-4-5-18-8-9/h1-5,8,11,17H,6-7,16H2. The van der Waals surface area contributed by atoms with E-state index in [0.717, 1.165) is 12.0 Å². The number of hydrogen-bond acceptors (Lipinski definition) is 3. The zero-order valence-corrected chi connectivity index (χ0v) is 11.3. The van der Waals surface area contributed by atoms with Gasteiger partial charge < -0.3 is 0 Å². The number of nitrogens with one attached hydrogen (secondary N) is 1. The Labute approximate surface area is 115 Å². The van der Waals surface area contributed by atoms with E-state index >= 15 is 0 Å². The smallest absolute Gasteiger partial charge is 0.142 e. The van der Waals surface area contributed by atoms with E-state index in [1.165, 1.54) is 11.6 Å². The summed E-state index contributed by atoms with van der Waals surface area (Å²) in [6.45, 7) is 0. The van der Waals surface area contributed by atoms with Crippen molar-refractivity contribution in [1.29, 1.82) is 0 Å². The van der Waals surface area contributed by atoms with E-state index in [2.05, 4.69) is 16.9 Å². The topological polar surface area (TPSA) is 38.0 Å². The zero-order chi connectivity index (χ0) is 13.0. The van der Waals surface area contributed by atoms with Crippen LogP contribution >= 0.6 is 22.9 Å². The predicted molar refractivity (Wildman–Crippen MR) is 74.2 cm³/mol. The number of hydrazine groups is 1. The lowest BCUT2D eigenvalue weighted by Crippen LogP contribution is -2.38. The van der Waals surface area contributed by atoms with Gasteiger partial charge in [-0.2, -0.15) is 11.3 Å². The number of halogens is 2. The fourth-order valence-electron chi connectivity index (χ4n) is 1.85. The van der Waals surface area contributed by atoms with Crippen LogP contribution in [-0.2, 0) is 12.8 Å². The molecule has 0 radical (unpaired) electrons. The maximum absolute atomic E-state index is 13.3. The Morgan fingerprint density at radius 2 is 2.17 bits per heavy atom. The first-order chi connectivity index (χ1) is 8.70. The minimum absolute atomic E-state index is 0.0406. The highest BCUT2D eigenvalue weighted by Gasteiger charge is 2.13. The molecule has 0 fully saturated rings. The first kappa shape index (κ1) is 13.5. The highest BCUT2D eigenvalue weighted by Crippen LogP contribution is 2.21. The molecular formula is C13H14ClFN2S. The molecule has 2 aromatic rings. The highest BCUT2D eigenvalue weighted by molar-refractivity contribution is 7.07. The Balaban J connectivity index is 2.08. The van der Waals surface area contributed by atoms with E-state index in [1.807, 2.05) is 11.4 Å². The molecular weight excluding hydrogens is 271 g/mol. The molecule has 0 amide bonds. The van der Waals surface area contributed by atoms with Crippen molar-refractivity contribution in [3.63, 3.8) is 0 Å². The largest absolute Gasteiger partial charge is 0.271 e. The molecule has 1 unspecified atom stereocenters. The van der Waals surface area contributed by atoms with E-state index in [0.29, 0.717) is 6.42 Å². The van der Waals surface area contributed by atoms with E-state index in [1.54, 1.807) is 17.4 Å². The van der Waals surface area contributed by atoms with Gasteiger partial charge in [-0.25, -0.2) is 4.39 Å². The summed E-state index contributed by atoms with van der Waals surface area (Å²) in [5, 5.41) is 4.29. The molecule has 18 heavy (non-hydrogen) atoms. The third-order valence-corrected chi connectivity index (χ3v) is 3.95. The minimum atomic E-state index is -0.388. The molecule has 2 nitrogen and oxygen atoms in total. The second-order valence-electron chi connectivity index (χ2n) is 4.12. The van der Waals surface area contributed by atoms with Gasteiger partial charge in [0.1, 0.15) is 5.82 Å². The molecule has 0 spiro atoms. The molecule has 1 aromatic carbocycles. The fraction of sp³-hybridized carbons (Fsp3) is 0.231. The highest BCUT2D eigenvalue weighted by atomic mass is 35.5. The van der Waals surface area contributed by atoms with Gasteiger partial charge in [0.05, 0.1) is 5.02 Å². The van der Waals surface area contributed by atoms with Crippen molar-refractivity contribution in [2.75, 3.05) is 0 Å². The average Bonchev–Trinajstić information content (AvgIpc) is 2.86. The summed E-state index contributed by atoms with van der Waals surface area (Å²) in [4.78, 5) is 0. The Bertz CT molecular complexity index is 502. The van der Waals surface area contributed by atoms with Crippen molar-refractivity contribution in [1.82, 2.24) is 5.43 Å². The monoisotopic (exact) mass is 284 g/mol. The third kappa shape index (κ3) is 3.29. The van der Waals surface area contributed by atoms with Crippen LogP contribution in [0.3, 0.4) is 0 Å². The van der Waals surface area contributed by atoms with E-state index < -0.39 is 0 Å². The van der Waals surface area contributed by atoms with Crippen molar-refractivity contribution < 1.29 is 4.39 Å².